The van der Waals surface area contributed by atoms with Gasteiger partial charge >= 0.3 is 5.97 Å². The molecule has 0 aliphatic carbocycles. The highest BCUT2D eigenvalue weighted by molar-refractivity contribution is 5.85. The highest BCUT2D eigenvalue weighted by Gasteiger charge is 2.36. The van der Waals surface area contributed by atoms with Gasteiger partial charge in [-0.1, -0.05) is 51.9 Å². The van der Waals surface area contributed by atoms with Crippen LogP contribution in [-0.2, 0) is 9.53 Å². The summed E-state index contributed by atoms with van der Waals surface area (Å²) in [5.74, 6) is -3.39. The normalized spacial score (nSPS) is 13.3. The quantitative estimate of drug-likeness (QED) is 0.232. The van der Waals surface area contributed by atoms with Gasteiger partial charge in [0.25, 0.3) is 5.79 Å². The van der Waals surface area contributed by atoms with Gasteiger partial charge in [0.05, 0.1) is 13.2 Å². The van der Waals surface area contributed by atoms with Gasteiger partial charge in [-0.2, -0.15) is 0 Å². The largest absolute Gasteiger partial charge is 0.477 e. The van der Waals surface area contributed by atoms with Crippen molar-refractivity contribution in [3.63, 3.8) is 0 Å². The van der Waals surface area contributed by atoms with Crippen LogP contribution in [0.3, 0.4) is 0 Å². The van der Waals surface area contributed by atoms with Crippen molar-refractivity contribution in [2.24, 2.45) is 0 Å². The van der Waals surface area contributed by atoms with Crippen LogP contribution in [0.1, 0.15) is 71.1 Å². The van der Waals surface area contributed by atoms with Crippen molar-refractivity contribution >= 4 is 18.4 Å². The van der Waals surface area contributed by atoms with Gasteiger partial charge in [-0.05, 0) is 19.4 Å². The van der Waals surface area contributed by atoms with Crippen LogP contribution in [-0.4, -0.2) is 53.4 Å². The van der Waals surface area contributed by atoms with E-state index in [0.29, 0.717) is 25.9 Å². The molecule has 0 saturated heterocycles. The van der Waals surface area contributed by atoms with Crippen LogP contribution in [0.5, 0.6) is 0 Å². The van der Waals surface area contributed by atoms with Gasteiger partial charge < -0.3 is 25.4 Å². The van der Waals surface area contributed by atoms with Gasteiger partial charge in [-0.25, -0.2) is 4.79 Å². The Labute approximate surface area is 152 Å². The van der Waals surface area contributed by atoms with E-state index in [1.165, 1.54) is 32.1 Å². The number of carboxylic acids is 1. The topological polar surface area (TPSA) is 99.0 Å². The molecule has 24 heavy (non-hydrogen) atoms. The molecule has 4 N–H and O–H groups in total. The number of nitrogens with one attached hydrogen (secondary N) is 1. The number of carbonyl (C=O) groups is 1. The Kier molecular flexibility index (Phi) is 18.8. The standard InChI is InChI=1S/C17H35NO5.ClH/c1-2-3-4-5-6-7-8-9-11-17(22,16(20)21)23-15-10-12-18-13-14-19;/h18-19,22H,2-15H2,1H3,(H,20,21);1H. The van der Waals surface area contributed by atoms with Crippen LogP contribution in [0.25, 0.3) is 0 Å². The van der Waals surface area contributed by atoms with Crippen LogP contribution < -0.4 is 5.32 Å². The first-order valence-electron chi connectivity index (χ1n) is 8.98. The SMILES string of the molecule is CCCCCCCCCCC(O)(OCCCNCCO)C(=O)O.Cl. The fourth-order valence-corrected chi connectivity index (χ4v) is 2.38. The summed E-state index contributed by atoms with van der Waals surface area (Å²) in [5.41, 5.74) is 0. The van der Waals surface area contributed by atoms with E-state index in [2.05, 4.69) is 12.2 Å². The smallest absolute Gasteiger partial charge is 0.364 e. The van der Waals surface area contributed by atoms with Crippen molar-refractivity contribution in [3.05, 3.63) is 0 Å². The first-order valence-corrected chi connectivity index (χ1v) is 8.98. The molecule has 0 fully saturated rings. The average Bonchev–Trinajstić information content (AvgIpc) is 2.53. The minimum Gasteiger partial charge on any atom is -0.477 e. The van der Waals surface area contributed by atoms with Crippen LogP contribution in [0.2, 0.25) is 0 Å². The number of aliphatic hydroxyl groups excluding tert-OH is 1. The molecule has 146 valence electrons. The predicted molar refractivity (Wildman–Crippen MR) is 97.6 cm³/mol. The number of carboxylic acid groups (broad SMARTS) is 1. The number of ether oxygens (including phenoxy) is 1. The van der Waals surface area contributed by atoms with Gasteiger partial charge in [0, 0.05) is 13.0 Å². The lowest BCUT2D eigenvalue weighted by molar-refractivity contribution is -0.226. The van der Waals surface area contributed by atoms with E-state index in [4.69, 9.17) is 14.9 Å². The van der Waals surface area contributed by atoms with E-state index in [-0.39, 0.29) is 32.0 Å². The molecule has 0 aromatic carbocycles. The first kappa shape index (κ1) is 25.8. The van der Waals surface area contributed by atoms with Crippen molar-refractivity contribution in [3.8, 4) is 0 Å². The number of rotatable bonds is 17. The molecular formula is C17H36ClNO5. The summed E-state index contributed by atoms with van der Waals surface area (Å²) in [7, 11) is 0. The zero-order valence-electron chi connectivity index (χ0n) is 15.0. The zero-order chi connectivity index (χ0) is 17.4. The Balaban J connectivity index is 0. The van der Waals surface area contributed by atoms with Gasteiger partial charge in [0.2, 0.25) is 0 Å². The molecule has 0 saturated carbocycles. The van der Waals surface area contributed by atoms with E-state index in [1.807, 2.05) is 0 Å². The Bertz CT molecular complexity index is 294. The summed E-state index contributed by atoms with van der Waals surface area (Å²) < 4.78 is 5.18. The predicted octanol–water partition coefficient (Wildman–Crippen LogP) is 2.70. The lowest BCUT2D eigenvalue weighted by Crippen LogP contribution is -2.42. The maximum Gasteiger partial charge on any atom is 0.364 e. The maximum absolute atomic E-state index is 11.2. The Morgan fingerprint density at radius 1 is 1.00 bits per heavy atom. The molecule has 1 atom stereocenters. The summed E-state index contributed by atoms with van der Waals surface area (Å²) in [6, 6.07) is 0. The third kappa shape index (κ3) is 14.0. The fraction of sp³-hybridized carbons (Fsp3) is 0.941. The first-order chi connectivity index (χ1) is 11.1. The summed E-state index contributed by atoms with van der Waals surface area (Å²) in [4.78, 5) is 11.2. The lowest BCUT2D eigenvalue weighted by atomic mass is 10.0. The highest BCUT2D eigenvalue weighted by Crippen LogP contribution is 2.19. The summed E-state index contributed by atoms with van der Waals surface area (Å²) in [6.07, 6.45) is 9.54. The lowest BCUT2D eigenvalue weighted by Gasteiger charge is -2.23. The number of hydrogen-bond donors (Lipinski definition) is 4. The zero-order valence-corrected chi connectivity index (χ0v) is 15.8. The molecule has 0 spiro atoms. The van der Waals surface area contributed by atoms with E-state index < -0.39 is 11.8 Å². The molecule has 0 aliphatic heterocycles. The van der Waals surface area contributed by atoms with E-state index in [9.17, 15) is 9.90 Å². The van der Waals surface area contributed by atoms with E-state index in [0.717, 1.165) is 12.8 Å². The van der Waals surface area contributed by atoms with Crippen LogP contribution in [0.15, 0.2) is 0 Å². The van der Waals surface area contributed by atoms with Crippen molar-refractivity contribution in [1.82, 2.24) is 5.32 Å². The molecule has 0 amide bonds. The Morgan fingerprint density at radius 3 is 2.12 bits per heavy atom. The third-order valence-electron chi connectivity index (χ3n) is 3.83. The third-order valence-corrected chi connectivity index (χ3v) is 3.83. The molecular weight excluding hydrogens is 334 g/mol. The van der Waals surface area contributed by atoms with Crippen LogP contribution >= 0.6 is 12.4 Å². The highest BCUT2D eigenvalue weighted by atomic mass is 35.5. The number of aliphatic carboxylic acids is 1. The Hall–Kier alpha value is -0.400. The molecule has 6 nitrogen and oxygen atoms in total. The molecule has 1 unspecified atom stereocenters. The van der Waals surface area contributed by atoms with Gasteiger partial charge in [0.1, 0.15) is 0 Å². The second kappa shape index (κ2) is 17.4. The molecule has 0 aliphatic rings. The number of hydrogen-bond acceptors (Lipinski definition) is 5. The van der Waals surface area contributed by atoms with Gasteiger partial charge in [0.15, 0.2) is 0 Å². The maximum atomic E-state index is 11.2. The van der Waals surface area contributed by atoms with E-state index in [1.54, 1.807) is 0 Å². The summed E-state index contributed by atoms with van der Waals surface area (Å²) in [6.45, 7) is 3.56. The van der Waals surface area contributed by atoms with Crippen molar-refractivity contribution in [1.29, 1.82) is 0 Å². The number of halogens is 1. The molecule has 0 heterocycles. The minimum atomic E-state index is -2.07. The molecule has 0 aromatic rings. The van der Waals surface area contributed by atoms with Gasteiger partial charge in [-0.15, -0.1) is 12.4 Å². The second-order valence-electron chi connectivity index (χ2n) is 5.99. The molecule has 0 rings (SSSR count). The van der Waals surface area contributed by atoms with Crippen LogP contribution in [0.4, 0.5) is 0 Å². The molecule has 0 radical (unpaired) electrons. The van der Waals surface area contributed by atoms with E-state index >= 15 is 0 Å². The monoisotopic (exact) mass is 369 g/mol. The molecule has 0 bridgehead atoms. The van der Waals surface area contributed by atoms with Crippen molar-refractivity contribution in [2.45, 2.75) is 76.9 Å². The van der Waals surface area contributed by atoms with Crippen molar-refractivity contribution < 1.29 is 24.9 Å². The molecule has 7 heteroatoms. The Morgan fingerprint density at radius 2 is 1.58 bits per heavy atom. The summed E-state index contributed by atoms with van der Waals surface area (Å²) >= 11 is 0. The van der Waals surface area contributed by atoms with Gasteiger partial charge in [-0.3, -0.25) is 0 Å². The molecule has 0 aromatic heterocycles. The summed E-state index contributed by atoms with van der Waals surface area (Å²) in [5, 5.41) is 30.8. The minimum absolute atomic E-state index is 0. The fourth-order valence-electron chi connectivity index (χ4n) is 2.38. The second-order valence-corrected chi connectivity index (χ2v) is 5.99. The number of aliphatic hydroxyl groups is 2. The van der Waals surface area contributed by atoms with Crippen molar-refractivity contribution in [2.75, 3.05) is 26.3 Å². The average molecular weight is 370 g/mol. The number of unbranched alkanes of at least 4 members (excludes halogenated alkanes) is 7. The van der Waals surface area contributed by atoms with Crippen LogP contribution in [0, 0.1) is 0 Å².